The van der Waals surface area contributed by atoms with Gasteiger partial charge in [0.05, 0.1) is 4.92 Å². The van der Waals surface area contributed by atoms with Crippen LogP contribution in [0, 0.1) is 10.1 Å². The van der Waals surface area contributed by atoms with E-state index in [1.165, 1.54) is 11.0 Å². The summed E-state index contributed by atoms with van der Waals surface area (Å²) in [4.78, 5) is 23.2. The van der Waals surface area contributed by atoms with E-state index in [9.17, 15) is 14.9 Å². The molecule has 110 valence electrons. The van der Waals surface area contributed by atoms with E-state index >= 15 is 0 Å². The van der Waals surface area contributed by atoms with Crippen LogP contribution in [0.2, 0.25) is 0 Å². The minimum absolute atomic E-state index is 0.0733. The van der Waals surface area contributed by atoms with Crippen molar-refractivity contribution in [3.63, 3.8) is 0 Å². The highest BCUT2D eigenvalue weighted by Gasteiger charge is 2.13. The molecule has 1 aromatic carbocycles. The van der Waals surface area contributed by atoms with Gasteiger partial charge in [-0.2, -0.15) is 0 Å². The van der Waals surface area contributed by atoms with Crippen LogP contribution in [0.25, 0.3) is 0 Å². The van der Waals surface area contributed by atoms with Crippen LogP contribution in [0.5, 0.6) is 0 Å². The number of hydrogen-bond donors (Lipinski definition) is 2. The molecule has 0 unspecified atom stereocenters. The molecule has 0 aliphatic heterocycles. The lowest BCUT2D eigenvalue weighted by Gasteiger charge is -2.12. The molecule has 8 heteroatoms. The molecule has 0 saturated carbocycles. The standard InChI is InChI=1S/C12H17BrN4O3/c1-16(2)12(18)15-6-5-14-8-9-3-4-10(13)7-11(9)17(19)20/h3-4,7,14H,5-6,8H2,1-2H3,(H,15,18). The van der Waals surface area contributed by atoms with E-state index in [0.29, 0.717) is 29.7 Å². The SMILES string of the molecule is CN(C)C(=O)NCCNCc1ccc(Br)cc1[N+](=O)[O-]. The smallest absolute Gasteiger partial charge is 0.316 e. The molecule has 0 atom stereocenters. The van der Waals surface area contributed by atoms with Crippen molar-refractivity contribution in [3.05, 3.63) is 38.3 Å². The Morgan fingerprint density at radius 1 is 1.40 bits per heavy atom. The molecule has 0 saturated heterocycles. The van der Waals surface area contributed by atoms with Crippen molar-refractivity contribution >= 4 is 27.6 Å². The number of amides is 2. The van der Waals surface area contributed by atoms with E-state index < -0.39 is 4.92 Å². The Kier molecular flexibility index (Phi) is 6.40. The minimum Gasteiger partial charge on any atom is -0.337 e. The number of halogens is 1. The second-order valence-electron chi connectivity index (χ2n) is 4.33. The number of carbonyl (C=O) groups is 1. The van der Waals surface area contributed by atoms with Gasteiger partial charge in [0.15, 0.2) is 0 Å². The van der Waals surface area contributed by atoms with Crippen molar-refractivity contribution < 1.29 is 9.72 Å². The molecule has 7 nitrogen and oxygen atoms in total. The lowest BCUT2D eigenvalue weighted by atomic mass is 10.2. The molecule has 0 radical (unpaired) electrons. The van der Waals surface area contributed by atoms with Crippen LogP contribution in [0.1, 0.15) is 5.56 Å². The second kappa shape index (κ2) is 7.81. The van der Waals surface area contributed by atoms with Gasteiger partial charge in [0.25, 0.3) is 5.69 Å². The first-order chi connectivity index (χ1) is 9.41. The summed E-state index contributed by atoms with van der Waals surface area (Å²) in [5.41, 5.74) is 0.682. The van der Waals surface area contributed by atoms with Crippen LogP contribution in [0.15, 0.2) is 22.7 Å². The Morgan fingerprint density at radius 3 is 2.70 bits per heavy atom. The van der Waals surface area contributed by atoms with Gasteiger partial charge in [-0.3, -0.25) is 10.1 Å². The normalized spacial score (nSPS) is 10.2. The molecule has 0 heterocycles. The second-order valence-corrected chi connectivity index (χ2v) is 5.25. The molecule has 0 fully saturated rings. The Hall–Kier alpha value is -1.67. The van der Waals surface area contributed by atoms with Gasteiger partial charge in [-0.1, -0.05) is 15.9 Å². The van der Waals surface area contributed by atoms with Crippen LogP contribution < -0.4 is 10.6 Å². The highest BCUT2D eigenvalue weighted by molar-refractivity contribution is 9.10. The lowest BCUT2D eigenvalue weighted by molar-refractivity contribution is -0.385. The molecule has 0 aliphatic carbocycles. The number of benzene rings is 1. The maximum atomic E-state index is 11.2. The summed E-state index contributed by atoms with van der Waals surface area (Å²) < 4.78 is 0.672. The third-order valence-electron chi connectivity index (χ3n) is 2.54. The first-order valence-corrected chi connectivity index (χ1v) is 6.80. The average Bonchev–Trinajstić information content (AvgIpc) is 2.39. The molecular formula is C12H17BrN4O3. The number of nitrogens with zero attached hydrogens (tertiary/aromatic N) is 2. The zero-order valence-electron chi connectivity index (χ0n) is 11.4. The van der Waals surface area contributed by atoms with E-state index in [-0.39, 0.29) is 11.7 Å². The van der Waals surface area contributed by atoms with Crippen LogP contribution >= 0.6 is 15.9 Å². The molecule has 0 spiro atoms. The fourth-order valence-electron chi connectivity index (χ4n) is 1.50. The molecule has 0 aliphatic rings. The topological polar surface area (TPSA) is 87.5 Å². The highest BCUT2D eigenvalue weighted by Crippen LogP contribution is 2.23. The maximum absolute atomic E-state index is 11.2. The fourth-order valence-corrected chi connectivity index (χ4v) is 1.84. The van der Waals surface area contributed by atoms with Gasteiger partial charge in [-0.05, 0) is 12.1 Å². The number of hydrogen-bond acceptors (Lipinski definition) is 4. The Bertz CT molecular complexity index is 494. The van der Waals surface area contributed by atoms with Crippen LogP contribution in [-0.4, -0.2) is 43.0 Å². The first kappa shape index (κ1) is 16.4. The van der Waals surface area contributed by atoms with Crippen molar-refractivity contribution in [2.75, 3.05) is 27.2 Å². The van der Waals surface area contributed by atoms with Crippen LogP contribution in [0.4, 0.5) is 10.5 Å². The van der Waals surface area contributed by atoms with E-state index in [1.807, 2.05) is 0 Å². The van der Waals surface area contributed by atoms with Gasteiger partial charge in [0.1, 0.15) is 0 Å². The van der Waals surface area contributed by atoms with Gasteiger partial charge in [0.2, 0.25) is 0 Å². The third kappa shape index (κ3) is 5.14. The largest absolute Gasteiger partial charge is 0.337 e. The van der Waals surface area contributed by atoms with E-state index in [1.54, 1.807) is 26.2 Å². The van der Waals surface area contributed by atoms with Crippen LogP contribution in [-0.2, 0) is 6.54 Å². The summed E-state index contributed by atoms with van der Waals surface area (Å²) in [5.74, 6) is 0. The first-order valence-electron chi connectivity index (χ1n) is 6.00. The molecular weight excluding hydrogens is 328 g/mol. The predicted molar refractivity (Wildman–Crippen MR) is 79.6 cm³/mol. The van der Waals surface area contributed by atoms with Gasteiger partial charge in [-0.15, -0.1) is 0 Å². The summed E-state index contributed by atoms with van der Waals surface area (Å²) >= 11 is 3.21. The quantitative estimate of drug-likeness (QED) is 0.467. The van der Waals surface area contributed by atoms with Crippen molar-refractivity contribution in [2.45, 2.75) is 6.54 Å². The van der Waals surface area contributed by atoms with E-state index in [4.69, 9.17) is 0 Å². The molecule has 1 aromatic rings. The van der Waals surface area contributed by atoms with Crippen molar-refractivity contribution in [1.29, 1.82) is 0 Å². The molecule has 1 rings (SSSR count). The maximum Gasteiger partial charge on any atom is 0.316 e. The number of nitrogens with one attached hydrogen (secondary N) is 2. The Balaban J connectivity index is 2.43. The van der Waals surface area contributed by atoms with Gasteiger partial charge in [-0.25, -0.2) is 4.79 Å². The summed E-state index contributed by atoms with van der Waals surface area (Å²) in [6, 6.07) is 4.78. The van der Waals surface area contributed by atoms with Gasteiger partial charge < -0.3 is 15.5 Å². The zero-order chi connectivity index (χ0) is 15.1. The summed E-state index contributed by atoms with van der Waals surface area (Å²) in [6.45, 7) is 1.37. The van der Waals surface area contributed by atoms with Gasteiger partial charge in [0, 0.05) is 49.8 Å². The molecule has 2 N–H and O–H groups in total. The summed E-state index contributed by atoms with van der Waals surface area (Å²) in [5, 5.41) is 16.7. The van der Waals surface area contributed by atoms with Crippen molar-refractivity contribution in [2.24, 2.45) is 0 Å². The number of carbonyl (C=O) groups excluding carboxylic acids is 1. The molecule has 20 heavy (non-hydrogen) atoms. The predicted octanol–water partition coefficient (Wildman–Crippen LogP) is 1.72. The Morgan fingerprint density at radius 2 is 2.10 bits per heavy atom. The van der Waals surface area contributed by atoms with Gasteiger partial charge >= 0.3 is 6.03 Å². The number of urea groups is 1. The van der Waals surface area contributed by atoms with Crippen molar-refractivity contribution in [3.8, 4) is 0 Å². The monoisotopic (exact) mass is 344 g/mol. The van der Waals surface area contributed by atoms with E-state index in [0.717, 1.165) is 0 Å². The average molecular weight is 345 g/mol. The number of rotatable bonds is 6. The van der Waals surface area contributed by atoms with Crippen molar-refractivity contribution in [1.82, 2.24) is 15.5 Å². The summed E-state index contributed by atoms with van der Waals surface area (Å²) in [6.07, 6.45) is 0. The fraction of sp³-hybridized carbons (Fsp3) is 0.417. The molecule has 0 bridgehead atoms. The zero-order valence-corrected chi connectivity index (χ0v) is 12.9. The minimum atomic E-state index is -0.407. The Labute approximate surface area is 125 Å². The summed E-state index contributed by atoms with van der Waals surface area (Å²) in [7, 11) is 3.32. The third-order valence-corrected chi connectivity index (χ3v) is 3.04. The lowest BCUT2D eigenvalue weighted by Crippen LogP contribution is -2.38. The van der Waals surface area contributed by atoms with Crippen LogP contribution in [0.3, 0.4) is 0 Å². The highest BCUT2D eigenvalue weighted by atomic mass is 79.9. The number of nitro groups is 1. The molecule has 2 amide bonds. The number of nitro benzene ring substituents is 1. The molecule has 0 aromatic heterocycles. The van der Waals surface area contributed by atoms with E-state index in [2.05, 4.69) is 26.6 Å².